The molecule has 2 aromatic rings. The van der Waals surface area contributed by atoms with Gasteiger partial charge in [0.1, 0.15) is 18.2 Å². The van der Waals surface area contributed by atoms with Crippen LogP contribution in [0.2, 0.25) is 0 Å². The van der Waals surface area contributed by atoms with Crippen LogP contribution >= 0.6 is 0 Å². The Morgan fingerprint density at radius 2 is 1.97 bits per heavy atom. The number of nitrogens with zero attached hydrogens (tertiary/aromatic N) is 2. The third kappa shape index (κ3) is 5.74. The minimum atomic E-state index is -0.526. The van der Waals surface area contributed by atoms with Gasteiger partial charge in [-0.2, -0.15) is 5.26 Å². The van der Waals surface area contributed by atoms with E-state index >= 15 is 0 Å². The van der Waals surface area contributed by atoms with Gasteiger partial charge in [-0.1, -0.05) is 6.07 Å². The van der Waals surface area contributed by atoms with E-state index in [0.717, 1.165) is 32.8 Å². The van der Waals surface area contributed by atoms with Crippen molar-refractivity contribution in [2.75, 3.05) is 58.7 Å². The van der Waals surface area contributed by atoms with Crippen molar-refractivity contribution in [1.82, 2.24) is 4.90 Å². The molecule has 2 heterocycles. The highest BCUT2D eigenvalue weighted by atomic mass is 16.7. The number of rotatable bonds is 8. The Labute approximate surface area is 192 Å². The average Bonchev–Trinajstić information content (AvgIpc) is 3.31. The number of nitrogens with one attached hydrogen (secondary N) is 1. The Morgan fingerprint density at radius 1 is 1.15 bits per heavy atom. The number of ether oxygens (including phenoxy) is 5. The zero-order chi connectivity index (χ0) is 23.0. The Hall–Kier alpha value is -3.74. The Bertz CT molecular complexity index is 1070. The third-order valence-electron chi connectivity index (χ3n) is 5.26. The molecule has 2 aromatic carbocycles. The number of fused-ring (bicyclic) bond motifs is 1. The lowest BCUT2D eigenvalue weighted by Gasteiger charge is -2.26. The molecule has 0 saturated carbocycles. The van der Waals surface area contributed by atoms with Gasteiger partial charge in [0, 0.05) is 31.4 Å². The number of carbonyl (C=O) groups is 1. The van der Waals surface area contributed by atoms with Gasteiger partial charge in [-0.3, -0.25) is 9.69 Å². The van der Waals surface area contributed by atoms with Crippen molar-refractivity contribution in [2.45, 2.75) is 0 Å². The number of morpholine rings is 1. The molecular weight excluding hydrogens is 426 g/mol. The molecule has 0 aliphatic carbocycles. The fraction of sp³-hybridized carbons (Fsp3) is 0.333. The Morgan fingerprint density at radius 3 is 2.76 bits per heavy atom. The lowest BCUT2D eigenvalue weighted by molar-refractivity contribution is -0.112. The highest BCUT2D eigenvalue weighted by molar-refractivity contribution is 6.09. The molecule has 1 N–H and O–H groups in total. The van der Waals surface area contributed by atoms with Crippen molar-refractivity contribution in [2.24, 2.45) is 0 Å². The van der Waals surface area contributed by atoms with E-state index in [1.807, 2.05) is 6.07 Å². The topological polar surface area (TPSA) is 102 Å². The van der Waals surface area contributed by atoms with Crippen LogP contribution in [0.25, 0.3) is 6.08 Å². The maximum absolute atomic E-state index is 12.7. The highest BCUT2D eigenvalue weighted by Crippen LogP contribution is 2.34. The van der Waals surface area contributed by atoms with E-state index < -0.39 is 5.91 Å². The van der Waals surface area contributed by atoms with Gasteiger partial charge in [0.15, 0.2) is 23.0 Å². The summed E-state index contributed by atoms with van der Waals surface area (Å²) in [6.07, 6.45) is 1.51. The smallest absolute Gasteiger partial charge is 0.266 e. The normalized spacial score (nSPS) is 15.6. The van der Waals surface area contributed by atoms with Crippen LogP contribution in [0, 0.1) is 11.3 Å². The molecule has 2 aliphatic rings. The van der Waals surface area contributed by atoms with Crippen molar-refractivity contribution < 1.29 is 28.5 Å². The van der Waals surface area contributed by atoms with E-state index in [-0.39, 0.29) is 12.4 Å². The van der Waals surface area contributed by atoms with Crippen LogP contribution in [0.1, 0.15) is 5.56 Å². The second kappa shape index (κ2) is 10.7. The first-order valence-electron chi connectivity index (χ1n) is 10.6. The lowest BCUT2D eigenvalue weighted by atomic mass is 10.1. The number of hydrogen-bond acceptors (Lipinski definition) is 8. The predicted octanol–water partition coefficient (Wildman–Crippen LogP) is 2.68. The molecule has 0 aromatic heterocycles. The van der Waals surface area contributed by atoms with E-state index in [2.05, 4.69) is 10.2 Å². The first kappa shape index (κ1) is 22.5. The summed E-state index contributed by atoms with van der Waals surface area (Å²) in [7, 11) is 1.57. The SMILES string of the molecule is COc1ccc(C=C(C#N)C(=O)Nc2ccc3c(c2)OCO3)cc1OCCN1CCOCC1. The Kier molecular flexibility index (Phi) is 7.29. The van der Waals surface area contributed by atoms with Crippen LogP contribution in [0.15, 0.2) is 42.0 Å². The molecule has 0 bridgehead atoms. The summed E-state index contributed by atoms with van der Waals surface area (Å²) >= 11 is 0. The zero-order valence-electron chi connectivity index (χ0n) is 18.3. The van der Waals surface area contributed by atoms with Gasteiger partial charge in [0.2, 0.25) is 6.79 Å². The van der Waals surface area contributed by atoms with Gasteiger partial charge in [0.05, 0.1) is 20.3 Å². The molecule has 9 heteroatoms. The minimum Gasteiger partial charge on any atom is -0.493 e. The van der Waals surface area contributed by atoms with Gasteiger partial charge in [0.25, 0.3) is 5.91 Å². The predicted molar refractivity (Wildman–Crippen MR) is 121 cm³/mol. The van der Waals surface area contributed by atoms with Crippen molar-refractivity contribution in [3.63, 3.8) is 0 Å². The second-order valence-electron chi connectivity index (χ2n) is 7.40. The molecule has 9 nitrogen and oxygen atoms in total. The summed E-state index contributed by atoms with van der Waals surface area (Å²) in [4.78, 5) is 14.9. The van der Waals surface area contributed by atoms with E-state index in [0.29, 0.717) is 40.9 Å². The number of anilines is 1. The quantitative estimate of drug-likeness (QED) is 0.483. The zero-order valence-corrected chi connectivity index (χ0v) is 18.3. The summed E-state index contributed by atoms with van der Waals surface area (Å²) in [6, 6.07) is 12.3. The molecule has 2 aliphatic heterocycles. The molecule has 0 spiro atoms. The summed E-state index contributed by atoms with van der Waals surface area (Å²) in [5.74, 6) is 1.76. The van der Waals surface area contributed by atoms with Crippen LogP contribution < -0.4 is 24.3 Å². The van der Waals surface area contributed by atoms with E-state index in [4.69, 9.17) is 23.7 Å². The molecule has 0 radical (unpaired) electrons. The first-order valence-corrected chi connectivity index (χ1v) is 10.6. The van der Waals surface area contributed by atoms with Gasteiger partial charge >= 0.3 is 0 Å². The summed E-state index contributed by atoms with van der Waals surface area (Å²) < 4.78 is 27.3. The highest BCUT2D eigenvalue weighted by Gasteiger charge is 2.16. The van der Waals surface area contributed by atoms with E-state index in [1.165, 1.54) is 6.08 Å². The average molecular weight is 451 g/mol. The monoisotopic (exact) mass is 451 g/mol. The minimum absolute atomic E-state index is 0.0444. The number of amides is 1. The molecule has 172 valence electrons. The van der Waals surface area contributed by atoms with Crippen molar-refractivity contribution in [1.29, 1.82) is 5.26 Å². The van der Waals surface area contributed by atoms with Crippen LogP contribution in [-0.4, -0.2) is 64.2 Å². The second-order valence-corrected chi connectivity index (χ2v) is 7.40. The molecule has 4 rings (SSSR count). The molecule has 0 unspecified atom stereocenters. The van der Waals surface area contributed by atoms with Crippen LogP contribution in [0.3, 0.4) is 0 Å². The van der Waals surface area contributed by atoms with Crippen molar-refractivity contribution in [3.8, 4) is 29.1 Å². The number of benzene rings is 2. The fourth-order valence-corrected chi connectivity index (χ4v) is 3.49. The molecular formula is C24H25N3O6. The standard InChI is InChI=1S/C24H25N3O6/c1-29-20-4-2-17(13-22(20)31-11-8-27-6-9-30-10-7-27)12-18(15-25)24(28)26-19-3-5-21-23(14-19)33-16-32-21/h2-5,12-14H,6-11,16H2,1H3,(H,26,28). The van der Waals surface area contributed by atoms with Gasteiger partial charge in [-0.05, 0) is 35.9 Å². The van der Waals surface area contributed by atoms with Crippen LogP contribution in [0.5, 0.6) is 23.0 Å². The number of hydrogen-bond donors (Lipinski definition) is 1. The fourth-order valence-electron chi connectivity index (χ4n) is 3.49. The summed E-state index contributed by atoms with van der Waals surface area (Å²) in [6.45, 7) is 4.63. The Balaban J connectivity index is 1.43. The third-order valence-corrected chi connectivity index (χ3v) is 5.26. The molecule has 1 fully saturated rings. The first-order chi connectivity index (χ1) is 16.2. The van der Waals surface area contributed by atoms with Crippen LogP contribution in [0.4, 0.5) is 5.69 Å². The molecule has 1 amide bonds. The van der Waals surface area contributed by atoms with E-state index in [9.17, 15) is 10.1 Å². The molecule has 33 heavy (non-hydrogen) atoms. The molecule has 1 saturated heterocycles. The maximum Gasteiger partial charge on any atom is 0.266 e. The summed E-state index contributed by atoms with van der Waals surface area (Å²) in [5, 5.41) is 12.3. The lowest BCUT2D eigenvalue weighted by Crippen LogP contribution is -2.38. The van der Waals surface area contributed by atoms with Gasteiger partial charge < -0.3 is 29.0 Å². The van der Waals surface area contributed by atoms with E-state index in [1.54, 1.807) is 43.5 Å². The van der Waals surface area contributed by atoms with Crippen molar-refractivity contribution in [3.05, 3.63) is 47.5 Å². The number of nitriles is 1. The van der Waals surface area contributed by atoms with Crippen LogP contribution in [-0.2, 0) is 9.53 Å². The largest absolute Gasteiger partial charge is 0.493 e. The maximum atomic E-state index is 12.7. The van der Waals surface area contributed by atoms with Gasteiger partial charge in [-0.15, -0.1) is 0 Å². The van der Waals surface area contributed by atoms with Gasteiger partial charge in [-0.25, -0.2) is 0 Å². The number of methoxy groups -OCH3 is 1. The summed E-state index contributed by atoms with van der Waals surface area (Å²) in [5.41, 5.74) is 1.11. The number of carbonyl (C=O) groups excluding carboxylic acids is 1. The van der Waals surface area contributed by atoms with Crippen molar-refractivity contribution >= 4 is 17.7 Å². The molecule has 0 atom stereocenters.